The van der Waals surface area contributed by atoms with Gasteiger partial charge in [-0.05, 0) is 44.5 Å². The average molecular weight is 329 g/mol. The van der Waals surface area contributed by atoms with Gasteiger partial charge >= 0.3 is 0 Å². The molecule has 126 valence electrons. The lowest BCUT2D eigenvalue weighted by Gasteiger charge is -2.22. The monoisotopic (exact) mass is 329 g/mol. The molecule has 0 aliphatic carbocycles. The number of benzene rings is 1. The molecule has 0 saturated carbocycles. The predicted molar refractivity (Wildman–Crippen MR) is 87.4 cm³/mol. The van der Waals surface area contributed by atoms with Gasteiger partial charge in [-0.3, -0.25) is 19.8 Å². The molecule has 2 heterocycles. The van der Waals surface area contributed by atoms with Gasteiger partial charge in [0, 0.05) is 23.7 Å². The summed E-state index contributed by atoms with van der Waals surface area (Å²) >= 11 is 0. The van der Waals surface area contributed by atoms with E-state index in [2.05, 4.69) is 4.90 Å². The molecule has 0 unspecified atom stereocenters. The molecule has 2 aromatic rings. The van der Waals surface area contributed by atoms with Gasteiger partial charge in [-0.15, -0.1) is 0 Å². The average Bonchev–Trinajstić information content (AvgIpc) is 3.15. The number of nitrogens with zero attached hydrogens (tertiary/aromatic N) is 2. The van der Waals surface area contributed by atoms with Crippen molar-refractivity contribution in [2.24, 2.45) is 5.73 Å². The second-order valence-electron chi connectivity index (χ2n) is 6.04. The number of amides is 1. The number of nitro groups is 1. The van der Waals surface area contributed by atoms with Crippen LogP contribution in [0.3, 0.4) is 0 Å². The quantitative estimate of drug-likeness (QED) is 0.671. The fourth-order valence-corrected chi connectivity index (χ4v) is 3.21. The molecule has 1 atom stereocenters. The standard InChI is InChI=1S/C17H19N3O4/c1-11-4-7-16(24-11)14-3-2-8-19(14)10-13-6-5-12(17(18)21)9-15(13)20(22)23/h4-7,9,14H,2-3,8,10H2,1H3,(H2,18,21)/t14-/m0/s1. The first-order valence-electron chi connectivity index (χ1n) is 7.83. The Bertz CT molecular complexity index is 784. The lowest BCUT2D eigenvalue weighted by atomic mass is 10.1. The summed E-state index contributed by atoms with van der Waals surface area (Å²) in [4.78, 5) is 24.3. The highest BCUT2D eigenvalue weighted by Crippen LogP contribution is 2.35. The topological polar surface area (TPSA) is 103 Å². The second-order valence-corrected chi connectivity index (χ2v) is 6.04. The zero-order valence-electron chi connectivity index (χ0n) is 13.4. The third-order valence-corrected chi connectivity index (χ3v) is 4.39. The fourth-order valence-electron chi connectivity index (χ4n) is 3.21. The van der Waals surface area contributed by atoms with Crippen LogP contribution in [0.15, 0.2) is 34.7 Å². The fraction of sp³-hybridized carbons (Fsp3) is 0.353. The van der Waals surface area contributed by atoms with E-state index < -0.39 is 10.8 Å². The third-order valence-electron chi connectivity index (χ3n) is 4.39. The van der Waals surface area contributed by atoms with Crippen LogP contribution in [0.1, 0.15) is 46.3 Å². The molecule has 1 fully saturated rings. The van der Waals surface area contributed by atoms with Crippen molar-refractivity contribution in [3.63, 3.8) is 0 Å². The number of nitro benzene ring substituents is 1. The Hall–Kier alpha value is -2.67. The number of furan rings is 1. The van der Waals surface area contributed by atoms with Crippen LogP contribution in [0, 0.1) is 17.0 Å². The van der Waals surface area contributed by atoms with Crippen LogP contribution in [0.5, 0.6) is 0 Å². The van der Waals surface area contributed by atoms with Crippen LogP contribution >= 0.6 is 0 Å². The molecular weight excluding hydrogens is 310 g/mol. The number of likely N-dealkylation sites (tertiary alicyclic amines) is 1. The molecule has 2 N–H and O–H groups in total. The molecule has 1 aromatic carbocycles. The maximum Gasteiger partial charge on any atom is 0.274 e. The van der Waals surface area contributed by atoms with Crippen LogP contribution in [0.2, 0.25) is 0 Å². The van der Waals surface area contributed by atoms with E-state index in [4.69, 9.17) is 10.2 Å². The zero-order chi connectivity index (χ0) is 17.3. The summed E-state index contributed by atoms with van der Waals surface area (Å²) in [7, 11) is 0. The SMILES string of the molecule is Cc1ccc([C@@H]2CCCN2Cc2ccc(C(N)=O)cc2[N+](=O)[O-])o1. The molecule has 0 bridgehead atoms. The van der Waals surface area contributed by atoms with Crippen molar-refractivity contribution in [2.45, 2.75) is 32.4 Å². The smallest absolute Gasteiger partial charge is 0.274 e. The van der Waals surface area contributed by atoms with Gasteiger partial charge in [-0.1, -0.05) is 6.07 Å². The van der Waals surface area contributed by atoms with E-state index in [1.165, 1.54) is 12.1 Å². The maximum absolute atomic E-state index is 11.3. The van der Waals surface area contributed by atoms with Gasteiger partial charge in [-0.2, -0.15) is 0 Å². The molecule has 7 nitrogen and oxygen atoms in total. The predicted octanol–water partition coefficient (Wildman–Crippen LogP) is 2.93. The summed E-state index contributed by atoms with van der Waals surface area (Å²) in [6.45, 7) is 3.18. The third kappa shape index (κ3) is 3.16. The van der Waals surface area contributed by atoms with Crippen molar-refractivity contribution in [3.8, 4) is 0 Å². The van der Waals surface area contributed by atoms with Crippen molar-refractivity contribution < 1.29 is 14.1 Å². The lowest BCUT2D eigenvalue weighted by molar-refractivity contribution is -0.385. The molecule has 1 amide bonds. The largest absolute Gasteiger partial charge is 0.465 e. The molecule has 7 heteroatoms. The molecule has 3 rings (SSSR count). The van der Waals surface area contributed by atoms with Crippen LogP contribution in [0.25, 0.3) is 0 Å². The Balaban J connectivity index is 1.87. The summed E-state index contributed by atoms with van der Waals surface area (Å²) in [6.07, 6.45) is 1.97. The summed E-state index contributed by atoms with van der Waals surface area (Å²) in [5.74, 6) is 1.07. The first-order chi connectivity index (χ1) is 11.5. The highest BCUT2D eigenvalue weighted by Gasteiger charge is 2.30. The van der Waals surface area contributed by atoms with Crippen molar-refractivity contribution in [1.82, 2.24) is 4.90 Å². The summed E-state index contributed by atoms with van der Waals surface area (Å²) in [5, 5.41) is 11.3. The van der Waals surface area contributed by atoms with Crippen molar-refractivity contribution in [1.29, 1.82) is 0 Å². The number of primary amides is 1. The molecule has 0 spiro atoms. The van der Waals surface area contributed by atoms with Gasteiger partial charge in [0.05, 0.1) is 11.0 Å². The first-order valence-corrected chi connectivity index (χ1v) is 7.83. The van der Waals surface area contributed by atoms with E-state index in [1.54, 1.807) is 6.07 Å². The van der Waals surface area contributed by atoms with Gasteiger partial charge in [0.15, 0.2) is 0 Å². The number of carbonyl (C=O) groups is 1. The van der Waals surface area contributed by atoms with Gasteiger partial charge in [0.1, 0.15) is 11.5 Å². The Morgan fingerprint density at radius 1 is 1.42 bits per heavy atom. The van der Waals surface area contributed by atoms with Crippen LogP contribution in [-0.4, -0.2) is 22.3 Å². The van der Waals surface area contributed by atoms with Crippen LogP contribution < -0.4 is 5.73 Å². The number of nitrogens with two attached hydrogens (primary N) is 1. The van der Waals surface area contributed by atoms with E-state index in [0.717, 1.165) is 30.9 Å². The minimum Gasteiger partial charge on any atom is -0.465 e. The summed E-state index contributed by atoms with van der Waals surface area (Å²) in [5.41, 5.74) is 5.85. The van der Waals surface area contributed by atoms with Gasteiger partial charge in [0.25, 0.3) is 5.69 Å². The van der Waals surface area contributed by atoms with E-state index >= 15 is 0 Å². The summed E-state index contributed by atoms with van der Waals surface area (Å²) < 4.78 is 5.73. The number of hydrogen-bond acceptors (Lipinski definition) is 5. The summed E-state index contributed by atoms with van der Waals surface area (Å²) in [6, 6.07) is 8.40. The first kappa shape index (κ1) is 16.2. The zero-order valence-corrected chi connectivity index (χ0v) is 13.4. The molecule has 24 heavy (non-hydrogen) atoms. The molecule has 1 aliphatic rings. The van der Waals surface area contributed by atoms with Crippen LogP contribution in [-0.2, 0) is 6.54 Å². The Labute approximate surface area is 139 Å². The highest BCUT2D eigenvalue weighted by atomic mass is 16.6. The molecule has 1 saturated heterocycles. The Morgan fingerprint density at radius 3 is 2.83 bits per heavy atom. The van der Waals surface area contributed by atoms with Crippen molar-refractivity contribution in [2.75, 3.05) is 6.54 Å². The minimum absolute atomic E-state index is 0.0763. The number of hydrogen-bond donors (Lipinski definition) is 1. The van der Waals surface area contributed by atoms with E-state index in [0.29, 0.717) is 12.1 Å². The number of rotatable bonds is 5. The Kier molecular flexibility index (Phi) is 4.35. The van der Waals surface area contributed by atoms with Crippen molar-refractivity contribution >= 4 is 11.6 Å². The van der Waals surface area contributed by atoms with Crippen LogP contribution in [0.4, 0.5) is 5.69 Å². The second kappa shape index (κ2) is 6.45. The van der Waals surface area contributed by atoms with E-state index in [-0.39, 0.29) is 17.3 Å². The maximum atomic E-state index is 11.3. The normalized spacial score (nSPS) is 18.0. The molecule has 0 radical (unpaired) electrons. The van der Waals surface area contributed by atoms with E-state index in [1.807, 2.05) is 19.1 Å². The Morgan fingerprint density at radius 2 is 2.21 bits per heavy atom. The lowest BCUT2D eigenvalue weighted by Crippen LogP contribution is -2.23. The van der Waals surface area contributed by atoms with Gasteiger partial charge in [-0.25, -0.2) is 0 Å². The number of aryl methyl sites for hydroxylation is 1. The van der Waals surface area contributed by atoms with Gasteiger partial charge in [0.2, 0.25) is 5.91 Å². The number of carbonyl (C=O) groups excluding carboxylic acids is 1. The van der Waals surface area contributed by atoms with Crippen molar-refractivity contribution in [3.05, 3.63) is 63.1 Å². The molecule has 1 aromatic heterocycles. The minimum atomic E-state index is -0.672. The molecular formula is C17H19N3O4. The van der Waals surface area contributed by atoms with Gasteiger partial charge < -0.3 is 10.2 Å². The molecule has 1 aliphatic heterocycles. The van der Waals surface area contributed by atoms with E-state index in [9.17, 15) is 14.9 Å². The highest BCUT2D eigenvalue weighted by molar-refractivity contribution is 5.93.